The molecule has 0 aliphatic carbocycles. The van der Waals surface area contributed by atoms with Crippen LogP contribution in [0.3, 0.4) is 0 Å². The van der Waals surface area contributed by atoms with Gasteiger partial charge in [-0.15, -0.1) is 0 Å². The van der Waals surface area contributed by atoms with Crippen LogP contribution < -0.4 is 0 Å². The zero-order valence-corrected chi connectivity index (χ0v) is 10.9. The van der Waals surface area contributed by atoms with Gasteiger partial charge in [-0.3, -0.25) is 4.79 Å². The van der Waals surface area contributed by atoms with Crippen LogP contribution in [0.5, 0.6) is 0 Å². The minimum atomic E-state index is -0.866. The van der Waals surface area contributed by atoms with Crippen molar-refractivity contribution in [2.45, 2.75) is 32.5 Å². The Morgan fingerprint density at radius 3 is 3.00 bits per heavy atom. The topological polar surface area (TPSA) is 29.5 Å². The molecule has 1 aromatic rings. The van der Waals surface area contributed by atoms with E-state index in [1.54, 1.807) is 4.90 Å². The Bertz CT molecular complexity index is 465. The summed E-state index contributed by atoms with van der Waals surface area (Å²) in [5, 5.41) is 0. The van der Waals surface area contributed by atoms with Crippen LogP contribution >= 0.6 is 0 Å². The second kappa shape index (κ2) is 6.10. The Balaban J connectivity index is 1.91. The number of nitrogens with zero attached hydrogens (tertiary/aromatic N) is 1. The third-order valence-electron chi connectivity index (χ3n) is 3.33. The Morgan fingerprint density at radius 2 is 2.26 bits per heavy atom. The average Bonchev–Trinajstić information content (AvgIpc) is 2.41. The van der Waals surface area contributed by atoms with Crippen molar-refractivity contribution in [1.29, 1.82) is 0 Å². The van der Waals surface area contributed by atoms with E-state index >= 15 is 0 Å². The van der Waals surface area contributed by atoms with Gasteiger partial charge in [-0.2, -0.15) is 0 Å². The highest BCUT2D eigenvalue weighted by atomic mass is 19.2. The van der Waals surface area contributed by atoms with E-state index in [4.69, 9.17) is 4.74 Å². The summed E-state index contributed by atoms with van der Waals surface area (Å²) in [7, 11) is 0. The predicted molar refractivity (Wildman–Crippen MR) is 66.4 cm³/mol. The highest BCUT2D eigenvalue weighted by molar-refractivity contribution is 5.73. The Kier molecular flexibility index (Phi) is 4.47. The maximum atomic E-state index is 13.4. The van der Waals surface area contributed by atoms with Gasteiger partial charge in [-0.05, 0) is 18.9 Å². The van der Waals surface area contributed by atoms with E-state index in [1.165, 1.54) is 19.1 Å². The molecule has 0 spiro atoms. The second-order valence-electron chi connectivity index (χ2n) is 4.75. The summed E-state index contributed by atoms with van der Waals surface area (Å²) >= 11 is 0. The summed E-state index contributed by atoms with van der Waals surface area (Å²) in [5.41, 5.74) is 0.208. The molecule has 0 N–H and O–H groups in total. The molecule has 3 nitrogen and oxygen atoms in total. The van der Waals surface area contributed by atoms with Gasteiger partial charge >= 0.3 is 0 Å². The molecule has 1 fully saturated rings. The molecule has 1 heterocycles. The summed E-state index contributed by atoms with van der Waals surface area (Å²) in [6, 6.07) is 4.04. The van der Waals surface area contributed by atoms with Crippen LogP contribution in [0, 0.1) is 11.6 Å². The molecule has 2 rings (SSSR count). The minimum absolute atomic E-state index is 0.0187. The molecule has 1 amide bonds. The van der Waals surface area contributed by atoms with Gasteiger partial charge in [0.2, 0.25) is 5.91 Å². The predicted octanol–water partition coefficient (Wildman–Crippen LogP) is 2.49. The number of ether oxygens (including phenoxy) is 1. The van der Waals surface area contributed by atoms with Crippen LogP contribution in [0.25, 0.3) is 0 Å². The van der Waals surface area contributed by atoms with Crippen LogP contribution in [-0.4, -0.2) is 30.0 Å². The van der Waals surface area contributed by atoms with Crippen LogP contribution in [0.4, 0.5) is 8.78 Å². The van der Waals surface area contributed by atoms with Gasteiger partial charge in [-0.1, -0.05) is 12.1 Å². The molecule has 0 radical (unpaired) electrons. The number of piperidine rings is 1. The zero-order chi connectivity index (χ0) is 13.8. The molecule has 104 valence electrons. The van der Waals surface area contributed by atoms with Gasteiger partial charge in [0.1, 0.15) is 0 Å². The highest BCUT2D eigenvalue weighted by Crippen LogP contribution is 2.17. The molecule has 1 aliphatic heterocycles. The summed E-state index contributed by atoms with van der Waals surface area (Å²) < 4.78 is 32.1. The van der Waals surface area contributed by atoms with Crippen molar-refractivity contribution < 1.29 is 18.3 Å². The third-order valence-corrected chi connectivity index (χ3v) is 3.33. The Labute approximate surface area is 111 Å². The molecule has 19 heavy (non-hydrogen) atoms. The number of carbonyl (C=O) groups is 1. The lowest BCUT2D eigenvalue weighted by Crippen LogP contribution is -2.42. The Morgan fingerprint density at radius 1 is 1.47 bits per heavy atom. The first kappa shape index (κ1) is 13.9. The fourth-order valence-corrected chi connectivity index (χ4v) is 2.23. The van der Waals surface area contributed by atoms with Crippen molar-refractivity contribution in [3.63, 3.8) is 0 Å². The molecule has 1 aromatic carbocycles. The summed E-state index contributed by atoms with van der Waals surface area (Å²) in [5.74, 6) is -1.71. The lowest BCUT2D eigenvalue weighted by molar-refractivity contribution is -0.133. The van der Waals surface area contributed by atoms with E-state index < -0.39 is 11.6 Å². The first-order chi connectivity index (χ1) is 9.08. The van der Waals surface area contributed by atoms with Crippen LogP contribution in [0.2, 0.25) is 0 Å². The van der Waals surface area contributed by atoms with Gasteiger partial charge in [0.15, 0.2) is 11.6 Å². The number of hydrogen-bond donors (Lipinski definition) is 0. The molecule has 5 heteroatoms. The monoisotopic (exact) mass is 269 g/mol. The number of likely N-dealkylation sites (tertiary alicyclic amines) is 1. The number of rotatable bonds is 3. The molecular weight excluding hydrogens is 252 g/mol. The molecule has 1 unspecified atom stereocenters. The maximum absolute atomic E-state index is 13.4. The number of benzene rings is 1. The summed E-state index contributed by atoms with van der Waals surface area (Å²) in [6.45, 7) is 2.81. The fraction of sp³-hybridized carbons (Fsp3) is 0.500. The largest absolute Gasteiger partial charge is 0.372 e. The zero-order valence-electron chi connectivity index (χ0n) is 10.9. The first-order valence-electron chi connectivity index (χ1n) is 6.38. The minimum Gasteiger partial charge on any atom is -0.372 e. The average molecular weight is 269 g/mol. The van der Waals surface area contributed by atoms with Crippen molar-refractivity contribution in [2.75, 3.05) is 13.1 Å². The Hall–Kier alpha value is -1.49. The summed E-state index contributed by atoms with van der Waals surface area (Å²) in [6.07, 6.45) is 1.59. The SMILES string of the molecule is CC(=O)N1CCCC(OCc2cccc(F)c2F)C1. The number of halogens is 2. The standard InChI is InChI=1S/C14H17F2NO2/c1-10(18)17-7-3-5-12(8-17)19-9-11-4-2-6-13(15)14(11)16/h2,4,6,12H,3,5,7-9H2,1H3. The van der Waals surface area contributed by atoms with Gasteiger partial charge < -0.3 is 9.64 Å². The van der Waals surface area contributed by atoms with E-state index in [0.717, 1.165) is 25.5 Å². The lowest BCUT2D eigenvalue weighted by Gasteiger charge is -2.32. The van der Waals surface area contributed by atoms with Crippen molar-refractivity contribution >= 4 is 5.91 Å². The van der Waals surface area contributed by atoms with Crippen molar-refractivity contribution in [2.24, 2.45) is 0 Å². The smallest absolute Gasteiger partial charge is 0.219 e. The van der Waals surface area contributed by atoms with Crippen molar-refractivity contribution in [3.05, 3.63) is 35.4 Å². The van der Waals surface area contributed by atoms with E-state index in [2.05, 4.69) is 0 Å². The normalized spacial score (nSPS) is 19.5. The summed E-state index contributed by atoms with van der Waals surface area (Å²) in [4.78, 5) is 13.0. The van der Waals surface area contributed by atoms with Crippen molar-refractivity contribution in [1.82, 2.24) is 4.90 Å². The van der Waals surface area contributed by atoms with Crippen LogP contribution in [0.15, 0.2) is 18.2 Å². The van der Waals surface area contributed by atoms with Crippen LogP contribution in [-0.2, 0) is 16.1 Å². The molecule has 0 saturated carbocycles. The van der Waals surface area contributed by atoms with Gasteiger partial charge in [0.05, 0.1) is 12.7 Å². The van der Waals surface area contributed by atoms with Gasteiger partial charge in [-0.25, -0.2) is 8.78 Å². The quantitative estimate of drug-likeness (QED) is 0.843. The van der Waals surface area contributed by atoms with Gasteiger partial charge in [0, 0.05) is 25.6 Å². The van der Waals surface area contributed by atoms with Gasteiger partial charge in [0.25, 0.3) is 0 Å². The fourth-order valence-electron chi connectivity index (χ4n) is 2.23. The van der Waals surface area contributed by atoms with Crippen molar-refractivity contribution in [3.8, 4) is 0 Å². The van der Waals surface area contributed by atoms with E-state index in [0.29, 0.717) is 6.54 Å². The maximum Gasteiger partial charge on any atom is 0.219 e. The molecule has 0 aromatic heterocycles. The van der Waals surface area contributed by atoms with E-state index in [9.17, 15) is 13.6 Å². The molecule has 1 atom stereocenters. The number of amides is 1. The third kappa shape index (κ3) is 3.50. The molecule has 1 saturated heterocycles. The molecular formula is C14H17F2NO2. The van der Waals surface area contributed by atoms with E-state index in [1.807, 2.05) is 0 Å². The van der Waals surface area contributed by atoms with E-state index in [-0.39, 0.29) is 24.2 Å². The second-order valence-corrected chi connectivity index (χ2v) is 4.75. The molecule has 1 aliphatic rings. The number of hydrogen-bond acceptors (Lipinski definition) is 2. The number of carbonyl (C=O) groups excluding carboxylic acids is 1. The lowest BCUT2D eigenvalue weighted by atomic mass is 10.1. The highest BCUT2D eigenvalue weighted by Gasteiger charge is 2.22. The van der Waals surface area contributed by atoms with Crippen LogP contribution in [0.1, 0.15) is 25.3 Å². The molecule has 0 bridgehead atoms. The first-order valence-corrected chi connectivity index (χ1v) is 6.38.